The first kappa shape index (κ1) is 25.4. The van der Waals surface area contributed by atoms with Crippen molar-refractivity contribution in [3.05, 3.63) is 65.7 Å². The normalized spacial score (nSPS) is 15.6. The van der Waals surface area contributed by atoms with Gasteiger partial charge in [-0.2, -0.15) is 0 Å². The number of para-hydroxylation sites is 1. The molecule has 170 valence electrons. The van der Waals surface area contributed by atoms with Crippen LogP contribution in [0.1, 0.15) is 25.0 Å². The van der Waals surface area contributed by atoms with Crippen LogP contribution in [-0.4, -0.2) is 51.4 Å². The van der Waals surface area contributed by atoms with Crippen molar-refractivity contribution < 1.29 is 13.5 Å². The zero-order valence-corrected chi connectivity index (χ0v) is 21.1. The van der Waals surface area contributed by atoms with E-state index in [1.54, 1.807) is 6.92 Å². The molecule has 0 spiro atoms. The Kier molecular flexibility index (Phi) is 9.14. The van der Waals surface area contributed by atoms with Gasteiger partial charge in [0.1, 0.15) is 5.60 Å². The third-order valence-electron chi connectivity index (χ3n) is 5.12. The summed E-state index contributed by atoms with van der Waals surface area (Å²) >= 11 is 0. The highest BCUT2D eigenvalue weighted by Gasteiger charge is 2.28. The fourth-order valence-corrected chi connectivity index (χ4v) is 4.90. The van der Waals surface area contributed by atoms with Crippen molar-refractivity contribution >= 4 is 45.6 Å². The lowest BCUT2D eigenvalue weighted by atomic mass is 9.96. The summed E-state index contributed by atoms with van der Waals surface area (Å²) in [5, 5.41) is 16.9. The van der Waals surface area contributed by atoms with Gasteiger partial charge >= 0.3 is 0 Å². The summed E-state index contributed by atoms with van der Waals surface area (Å²) in [5.74, 6) is 0.437. The number of halogens is 1. The molecule has 31 heavy (non-hydrogen) atoms. The molecule has 0 radical (unpaired) electrons. The summed E-state index contributed by atoms with van der Waals surface area (Å²) in [4.78, 5) is 4.45. The zero-order valence-electron chi connectivity index (χ0n) is 17.9. The highest BCUT2D eigenvalue weighted by molar-refractivity contribution is 14.0. The number of aliphatic imine (C=N–C) groups is 1. The summed E-state index contributed by atoms with van der Waals surface area (Å²) in [7, 11) is -3.43. The summed E-state index contributed by atoms with van der Waals surface area (Å²) in [5.41, 5.74) is 1.50. The number of fused-ring (bicyclic) bond motifs is 1. The van der Waals surface area contributed by atoms with Crippen molar-refractivity contribution in [2.24, 2.45) is 4.99 Å². The van der Waals surface area contributed by atoms with E-state index in [-0.39, 0.29) is 42.8 Å². The molecular formula is C22H31IN4O3S. The summed E-state index contributed by atoms with van der Waals surface area (Å²) in [6.45, 7) is 5.13. The van der Waals surface area contributed by atoms with Crippen LogP contribution < -0.4 is 14.9 Å². The van der Waals surface area contributed by atoms with Crippen molar-refractivity contribution in [1.29, 1.82) is 0 Å². The van der Waals surface area contributed by atoms with Gasteiger partial charge in [0.2, 0.25) is 10.0 Å². The molecule has 7 nitrogen and oxygen atoms in total. The molecule has 1 unspecified atom stereocenters. The lowest BCUT2D eigenvalue weighted by Gasteiger charge is -2.23. The van der Waals surface area contributed by atoms with Gasteiger partial charge in [0.05, 0.1) is 18.0 Å². The molecule has 3 N–H and O–H groups in total. The number of aliphatic hydroxyl groups is 1. The van der Waals surface area contributed by atoms with Crippen molar-refractivity contribution in [2.75, 3.05) is 36.2 Å². The highest BCUT2D eigenvalue weighted by Crippen LogP contribution is 2.29. The van der Waals surface area contributed by atoms with Gasteiger partial charge in [-0.25, -0.2) is 13.4 Å². The molecule has 9 heteroatoms. The van der Waals surface area contributed by atoms with E-state index in [1.165, 1.54) is 4.31 Å². The average Bonchev–Trinajstić information content (AvgIpc) is 3.18. The van der Waals surface area contributed by atoms with E-state index < -0.39 is 15.6 Å². The van der Waals surface area contributed by atoms with Crippen molar-refractivity contribution in [3.8, 4) is 0 Å². The molecule has 0 bridgehead atoms. The Morgan fingerprint density at radius 1 is 1.13 bits per heavy atom. The second kappa shape index (κ2) is 11.1. The molecule has 0 amide bonds. The van der Waals surface area contributed by atoms with Gasteiger partial charge in [0, 0.05) is 19.6 Å². The smallest absolute Gasteiger partial charge is 0.236 e. The van der Waals surface area contributed by atoms with Crippen LogP contribution in [0.2, 0.25) is 0 Å². The Bertz CT molecular complexity index is 981. The van der Waals surface area contributed by atoms with Crippen LogP contribution in [0.25, 0.3) is 0 Å². The molecule has 1 heterocycles. The first-order valence-electron chi connectivity index (χ1n) is 10.2. The topological polar surface area (TPSA) is 94.0 Å². The van der Waals surface area contributed by atoms with Gasteiger partial charge in [-0.05, 0) is 37.5 Å². The van der Waals surface area contributed by atoms with Crippen LogP contribution >= 0.6 is 24.0 Å². The highest BCUT2D eigenvalue weighted by atomic mass is 127. The number of anilines is 1. The predicted molar refractivity (Wildman–Crippen MR) is 137 cm³/mol. The van der Waals surface area contributed by atoms with E-state index in [1.807, 2.05) is 61.5 Å². The van der Waals surface area contributed by atoms with Crippen LogP contribution in [0.15, 0.2) is 59.6 Å². The number of guanidine groups is 1. The first-order chi connectivity index (χ1) is 14.3. The van der Waals surface area contributed by atoms with Gasteiger partial charge in [-0.3, -0.25) is 4.31 Å². The van der Waals surface area contributed by atoms with E-state index in [2.05, 4.69) is 15.6 Å². The zero-order chi connectivity index (χ0) is 21.6. The largest absolute Gasteiger partial charge is 0.384 e. The molecule has 0 saturated carbocycles. The number of sulfonamides is 1. The fraction of sp³-hybridized carbons (Fsp3) is 0.409. The van der Waals surface area contributed by atoms with Crippen LogP contribution in [-0.2, 0) is 22.0 Å². The van der Waals surface area contributed by atoms with E-state index in [4.69, 9.17) is 0 Å². The van der Waals surface area contributed by atoms with E-state index in [9.17, 15) is 13.5 Å². The second-order valence-corrected chi connectivity index (χ2v) is 9.54. The molecule has 1 atom stereocenters. The second-order valence-electron chi connectivity index (χ2n) is 7.53. The molecule has 0 fully saturated rings. The van der Waals surface area contributed by atoms with E-state index in [0.717, 1.165) is 23.2 Å². The Labute approximate surface area is 202 Å². The fourth-order valence-electron chi connectivity index (χ4n) is 3.47. The van der Waals surface area contributed by atoms with Crippen molar-refractivity contribution in [1.82, 2.24) is 10.6 Å². The Balaban J connectivity index is 0.00000341. The number of benzene rings is 2. The molecule has 0 saturated heterocycles. The third-order valence-corrected chi connectivity index (χ3v) is 6.89. The Hall–Kier alpha value is -1.85. The molecule has 0 aliphatic carbocycles. The van der Waals surface area contributed by atoms with E-state index >= 15 is 0 Å². The lowest BCUT2D eigenvalue weighted by Crippen LogP contribution is -2.42. The van der Waals surface area contributed by atoms with Crippen LogP contribution in [0.5, 0.6) is 0 Å². The standard InChI is InChI=1S/C22H30N4O3S.HI/c1-3-23-21(25-17-22(2,27)19-10-5-4-6-11-19)24-14-16-30(28,29)26-15-13-18-9-7-8-12-20(18)26;/h4-12,27H,3,13-17H2,1-2H3,(H2,23,24,25);1H. The van der Waals surface area contributed by atoms with E-state index in [0.29, 0.717) is 19.0 Å². The van der Waals surface area contributed by atoms with Gasteiger partial charge < -0.3 is 15.7 Å². The minimum Gasteiger partial charge on any atom is -0.384 e. The third kappa shape index (κ3) is 6.56. The summed E-state index contributed by atoms with van der Waals surface area (Å²) < 4.78 is 27.1. The molecule has 1 aliphatic heterocycles. The Morgan fingerprint density at radius 3 is 2.52 bits per heavy atom. The van der Waals surface area contributed by atoms with Gasteiger partial charge in [0.15, 0.2) is 5.96 Å². The molecular weight excluding hydrogens is 527 g/mol. The molecule has 0 aromatic heterocycles. The van der Waals surface area contributed by atoms with Gasteiger partial charge in [-0.15, -0.1) is 24.0 Å². The maximum atomic E-state index is 12.8. The molecule has 1 aliphatic rings. The number of nitrogens with zero attached hydrogens (tertiary/aromatic N) is 2. The average molecular weight is 558 g/mol. The minimum absolute atomic E-state index is 0. The van der Waals surface area contributed by atoms with Crippen molar-refractivity contribution in [3.63, 3.8) is 0 Å². The SMILES string of the molecule is CCNC(=NCC(C)(O)c1ccccc1)NCCS(=O)(=O)N1CCc2ccccc21.I. The van der Waals surface area contributed by atoms with Crippen molar-refractivity contribution in [2.45, 2.75) is 25.9 Å². The van der Waals surface area contributed by atoms with Gasteiger partial charge in [0.25, 0.3) is 0 Å². The molecule has 2 aromatic rings. The van der Waals surface area contributed by atoms with Crippen LogP contribution in [0.4, 0.5) is 5.69 Å². The van der Waals surface area contributed by atoms with Crippen LogP contribution in [0, 0.1) is 0 Å². The summed E-state index contributed by atoms with van der Waals surface area (Å²) in [6, 6.07) is 17.0. The first-order valence-corrected chi connectivity index (χ1v) is 11.8. The van der Waals surface area contributed by atoms with Crippen LogP contribution in [0.3, 0.4) is 0 Å². The van der Waals surface area contributed by atoms with Gasteiger partial charge in [-0.1, -0.05) is 48.5 Å². The molecule has 3 rings (SSSR count). The summed E-state index contributed by atoms with van der Waals surface area (Å²) in [6.07, 6.45) is 0.738. The lowest BCUT2D eigenvalue weighted by molar-refractivity contribution is 0.0672. The maximum Gasteiger partial charge on any atom is 0.236 e. The number of hydrogen-bond donors (Lipinski definition) is 3. The quantitative estimate of drug-likeness (QED) is 0.263. The number of rotatable bonds is 8. The Morgan fingerprint density at radius 2 is 1.81 bits per heavy atom. The maximum absolute atomic E-state index is 12.8. The monoisotopic (exact) mass is 558 g/mol. The predicted octanol–water partition coefficient (Wildman–Crippen LogP) is 2.46. The number of nitrogens with one attached hydrogen (secondary N) is 2. The molecule has 2 aromatic carbocycles. The minimum atomic E-state index is -3.43. The number of hydrogen-bond acceptors (Lipinski definition) is 4.